The summed E-state index contributed by atoms with van der Waals surface area (Å²) in [5.41, 5.74) is 0.0518. The topological polar surface area (TPSA) is 78.4 Å². The number of hydrogen-bond donors (Lipinski definition) is 3. The van der Waals surface area contributed by atoms with Gasteiger partial charge in [0.1, 0.15) is 5.82 Å². The van der Waals surface area contributed by atoms with Crippen molar-refractivity contribution in [2.45, 2.75) is 46.1 Å². The van der Waals surface area contributed by atoms with E-state index in [4.69, 9.17) is 5.11 Å². The van der Waals surface area contributed by atoms with Crippen molar-refractivity contribution in [1.29, 1.82) is 0 Å². The molecule has 1 atom stereocenters. The van der Waals surface area contributed by atoms with Crippen LogP contribution in [0, 0.1) is 11.2 Å². The first-order valence-electron chi connectivity index (χ1n) is 8.14. The number of amides is 2. The van der Waals surface area contributed by atoms with Crippen LogP contribution in [0.5, 0.6) is 0 Å². The number of aliphatic hydroxyl groups excluding tert-OH is 1. The van der Waals surface area contributed by atoms with Gasteiger partial charge < -0.3 is 15.7 Å². The van der Waals surface area contributed by atoms with Gasteiger partial charge in [0.05, 0.1) is 0 Å². The van der Waals surface area contributed by atoms with Crippen molar-refractivity contribution in [1.82, 2.24) is 10.6 Å². The van der Waals surface area contributed by atoms with Crippen molar-refractivity contribution in [2.24, 2.45) is 5.41 Å². The van der Waals surface area contributed by atoms with Gasteiger partial charge in [-0.2, -0.15) is 0 Å². The van der Waals surface area contributed by atoms with Crippen LogP contribution in [-0.2, 0) is 16.0 Å². The molecule has 1 aromatic carbocycles. The summed E-state index contributed by atoms with van der Waals surface area (Å²) in [6, 6.07) is 6.16. The predicted molar refractivity (Wildman–Crippen MR) is 90.8 cm³/mol. The van der Waals surface area contributed by atoms with E-state index in [9.17, 15) is 14.0 Å². The van der Waals surface area contributed by atoms with E-state index in [0.29, 0.717) is 18.5 Å². The van der Waals surface area contributed by atoms with Crippen LogP contribution >= 0.6 is 0 Å². The SMILES string of the molecule is C[C@H](CNC(=O)CC(C)(C)CO)NC(=O)CCc1ccccc1F. The van der Waals surface area contributed by atoms with Crippen LogP contribution in [0.15, 0.2) is 24.3 Å². The zero-order valence-electron chi connectivity index (χ0n) is 14.6. The smallest absolute Gasteiger partial charge is 0.220 e. The minimum Gasteiger partial charge on any atom is -0.396 e. The Morgan fingerprint density at radius 2 is 1.92 bits per heavy atom. The van der Waals surface area contributed by atoms with Crippen molar-refractivity contribution in [3.8, 4) is 0 Å². The molecule has 1 rings (SSSR count). The molecule has 2 amide bonds. The molecule has 0 bridgehead atoms. The largest absolute Gasteiger partial charge is 0.396 e. The second-order valence-electron chi connectivity index (χ2n) is 6.86. The number of carbonyl (C=O) groups excluding carboxylic acids is 2. The van der Waals surface area contributed by atoms with E-state index in [1.165, 1.54) is 6.07 Å². The first kappa shape index (κ1) is 20.1. The maximum absolute atomic E-state index is 13.5. The lowest BCUT2D eigenvalue weighted by molar-refractivity contribution is -0.125. The summed E-state index contributed by atoms with van der Waals surface area (Å²) in [6.07, 6.45) is 0.747. The van der Waals surface area contributed by atoms with Gasteiger partial charge in [-0.1, -0.05) is 32.0 Å². The molecule has 0 saturated carbocycles. The lowest BCUT2D eigenvalue weighted by Crippen LogP contribution is -2.42. The van der Waals surface area contributed by atoms with Gasteiger partial charge in [-0.3, -0.25) is 9.59 Å². The number of benzene rings is 1. The molecule has 0 aliphatic heterocycles. The van der Waals surface area contributed by atoms with Crippen LogP contribution in [0.2, 0.25) is 0 Å². The van der Waals surface area contributed by atoms with Crippen LogP contribution < -0.4 is 10.6 Å². The summed E-state index contributed by atoms with van der Waals surface area (Å²) in [5, 5.41) is 14.7. The monoisotopic (exact) mass is 338 g/mol. The number of nitrogens with one attached hydrogen (secondary N) is 2. The molecule has 0 saturated heterocycles. The third kappa shape index (κ3) is 7.55. The Balaban J connectivity index is 2.29. The quantitative estimate of drug-likeness (QED) is 0.642. The van der Waals surface area contributed by atoms with E-state index >= 15 is 0 Å². The van der Waals surface area contributed by atoms with E-state index in [1.807, 2.05) is 0 Å². The lowest BCUT2D eigenvalue weighted by atomic mass is 9.90. The molecule has 0 spiro atoms. The van der Waals surface area contributed by atoms with Gasteiger partial charge in [-0.15, -0.1) is 0 Å². The number of aryl methyl sites for hydroxylation is 1. The minimum atomic E-state index is -0.462. The second kappa shape index (κ2) is 9.37. The fourth-order valence-corrected chi connectivity index (χ4v) is 2.17. The Bertz CT molecular complexity index is 561. The van der Waals surface area contributed by atoms with Gasteiger partial charge >= 0.3 is 0 Å². The Morgan fingerprint density at radius 1 is 1.25 bits per heavy atom. The highest BCUT2D eigenvalue weighted by Gasteiger charge is 2.21. The fraction of sp³-hybridized carbons (Fsp3) is 0.556. The molecule has 1 aromatic rings. The number of aliphatic hydroxyl groups is 1. The first-order chi connectivity index (χ1) is 11.2. The van der Waals surface area contributed by atoms with Gasteiger partial charge in [0.15, 0.2) is 0 Å². The van der Waals surface area contributed by atoms with Gasteiger partial charge in [-0.05, 0) is 30.4 Å². The lowest BCUT2D eigenvalue weighted by Gasteiger charge is -2.21. The molecule has 0 heterocycles. The summed E-state index contributed by atoms with van der Waals surface area (Å²) in [5.74, 6) is -0.658. The molecule has 0 aliphatic carbocycles. The Hall–Kier alpha value is -1.95. The van der Waals surface area contributed by atoms with Crippen LogP contribution in [0.1, 0.15) is 39.2 Å². The molecule has 134 valence electrons. The molecule has 6 heteroatoms. The summed E-state index contributed by atoms with van der Waals surface area (Å²) >= 11 is 0. The Morgan fingerprint density at radius 3 is 2.54 bits per heavy atom. The Kier molecular flexibility index (Phi) is 7.85. The number of halogens is 1. The molecular weight excluding hydrogens is 311 g/mol. The van der Waals surface area contributed by atoms with Gasteiger partial charge in [0.2, 0.25) is 11.8 Å². The molecule has 24 heavy (non-hydrogen) atoms. The zero-order valence-corrected chi connectivity index (χ0v) is 14.6. The van der Waals surface area contributed by atoms with Crippen LogP contribution in [0.3, 0.4) is 0 Å². The fourth-order valence-electron chi connectivity index (χ4n) is 2.17. The third-order valence-corrected chi connectivity index (χ3v) is 3.66. The molecule has 0 aliphatic rings. The van der Waals surface area contributed by atoms with E-state index in [2.05, 4.69) is 10.6 Å². The van der Waals surface area contributed by atoms with Gasteiger partial charge in [0.25, 0.3) is 0 Å². The van der Waals surface area contributed by atoms with Crippen LogP contribution in [-0.4, -0.2) is 36.1 Å². The van der Waals surface area contributed by atoms with Gasteiger partial charge in [0, 0.05) is 32.0 Å². The van der Waals surface area contributed by atoms with Crippen molar-refractivity contribution < 1.29 is 19.1 Å². The highest BCUT2D eigenvalue weighted by atomic mass is 19.1. The second-order valence-corrected chi connectivity index (χ2v) is 6.86. The van der Waals surface area contributed by atoms with E-state index in [0.717, 1.165) is 0 Å². The average Bonchev–Trinajstić information content (AvgIpc) is 2.52. The number of hydrogen-bond acceptors (Lipinski definition) is 3. The standard InChI is InChI=1S/C18H27FN2O3/c1-13(11-20-17(24)10-18(2,3)12-22)21-16(23)9-8-14-6-4-5-7-15(14)19/h4-7,13,22H,8-12H2,1-3H3,(H,20,24)(H,21,23)/t13-/m1/s1. The molecule has 0 aromatic heterocycles. The minimum absolute atomic E-state index is 0.0667. The maximum Gasteiger partial charge on any atom is 0.220 e. The predicted octanol–water partition coefficient (Wildman–Crippen LogP) is 1.79. The van der Waals surface area contributed by atoms with Crippen molar-refractivity contribution in [2.75, 3.05) is 13.2 Å². The summed E-state index contributed by atoms with van der Waals surface area (Å²) in [6.45, 7) is 5.65. The van der Waals surface area contributed by atoms with E-state index in [1.54, 1.807) is 39.0 Å². The molecule has 3 N–H and O–H groups in total. The normalized spacial score (nSPS) is 12.5. The highest BCUT2D eigenvalue weighted by Crippen LogP contribution is 2.18. The summed E-state index contributed by atoms with van der Waals surface area (Å²) in [7, 11) is 0. The van der Waals surface area contributed by atoms with Crippen molar-refractivity contribution in [3.63, 3.8) is 0 Å². The summed E-state index contributed by atoms with van der Waals surface area (Å²) < 4.78 is 13.5. The number of rotatable bonds is 9. The van der Waals surface area contributed by atoms with Crippen LogP contribution in [0.25, 0.3) is 0 Å². The average molecular weight is 338 g/mol. The van der Waals surface area contributed by atoms with Crippen molar-refractivity contribution >= 4 is 11.8 Å². The first-order valence-corrected chi connectivity index (χ1v) is 8.14. The highest BCUT2D eigenvalue weighted by molar-refractivity contribution is 5.78. The summed E-state index contributed by atoms with van der Waals surface area (Å²) in [4.78, 5) is 23.7. The third-order valence-electron chi connectivity index (χ3n) is 3.66. The number of carbonyl (C=O) groups is 2. The van der Waals surface area contributed by atoms with E-state index in [-0.39, 0.29) is 43.1 Å². The zero-order chi connectivity index (χ0) is 18.2. The molecule has 0 radical (unpaired) electrons. The molecular formula is C18H27FN2O3. The van der Waals surface area contributed by atoms with Gasteiger partial charge in [-0.25, -0.2) is 4.39 Å². The van der Waals surface area contributed by atoms with Crippen molar-refractivity contribution in [3.05, 3.63) is 35.6 Å². The molecule has 0 unspecified atom stereocenters. The van der Waals surface area contributed by atoms with E-state index < -0.39 is 5.41 Å². The maximum atomic E-state index is 13.5. The Labute approximate surface area is 142 Å². The van der Waals surface area contributed by atoms with Crippen LogP contribution in [0.4, 0.5) is 4.39 Å². The molecule has 5 nitrogen and oxygen atoms in total. The molecule has 0 fully saturated rings.